The van der Waals surface area contributed by atoms with E-state index >= 15 is 0 Å². The van der Waals surface area contributed by atoms with Gasteiger partial charge in [-0.3, -0.25) is 4.79 Å². The van der Waals surface area contributed by atoms with Crippen LogP contribution in [0, 0.1) is 11.8 Å². The Morgan fingerprint density at radius 2 is 2.11 bits per heavy atom. The lowest BCUT2D eigenvalue weighted by molar-refractivity contribution is -0.121. The van der Waals surface area contributed by atoms with Crippen LogP contribution in [0.4, 0.5) is 5.82 Å². The molecule has 1 aliphatic carbocycles. The molecule has 1 amide bonds. The van der Waals surface area contributed by atoms with Gasteiger partial charge >= 0.3 is 0 Å². The summed E-state index contributed by atoms with van der Waals surface area (Å²) in [6.07, 6.45) is 5.66. The molecule has 0 radical (unpaired) electrons. The second-order valence-corrected chi connectivity index (χ2v) is 5.18. The predicted molar refractivity (Wildman–Crippen MR) is 72.0 cm³/mol. The minimum atomic E-state index is 0.0943. The van der Waals surface area contributed by atoms with Crippen molar-refractivity contribution in [2.24, 2.45) is 17.6 Å². The number of hydrogen-bond acceptors (Lipinski definition) is 3. The summed E-state index contributed by atoms with van der Waals surface area (Å²) >= 11 is 0. The highest BCUT2D eigenvalue weighted by molar-refractivity contribution is 5.91. The molecule has 0 aromatic carbocycles. The second kappa shape index (κ2) is 5.96. The van der Waals surface area contributed by atoms with Crippen molar-refractivity contribution in [3.63, 3.8) is 0 Å². The number of anilines is 1. The standard InChI is InChI=1S/C14H21N3O/c1-10(15)11-5-7-12(8-6-11)14(18)17-13-4-2-3-9-16-13/h2-4,9-12H,5-8,15H2,1H3,(H,16,17,18). The molecule has 3 N–H and O–H groups in total. The summed E-state index contributed by atoms with van der Waals surface area (Å²) in [4.78, 5) is 16.2. The number of hydrogen-bond donors (Lipinski definition) is 2. The molecule has 0 spiro atoms. The number of aromatic nitrogens is 1. The molecule has 98 valence electrons. The smallest absolute Gasteiger partial charge is 0.228 e. The maximum absolute atomic E-state index is 12.1. The summed E-state index contributed by atoms with van der Waals surface area (Å²) in [5.74, 6) is 1.42. The van der Waals surface area contributed by atoms with Gasteiger partial charge in [0.1, 0.15) is 5.82 Å². The molecule has 4 nitrogen and oxygen atoms in total. The van der Waals surface area contributed by atoms with E-state index in [0.717, 1.165) is 25.7 Å². The first-order chi connectivity index (χ1) is 8.66. The fourth-order valence-corrected chi connectivity index (χ4v) is 2.57. The Hall–Kier alpha value is -1.42. The quantitative estimate of drug-likeness (QED) is 0.860. The number of carbonyl (C=O) groups excluding carboxylic acids is 1. The van der Waals surface area contributed by atoms with E-state index in [9.17, 15) is 4.79 Å². The van der Waals surface area contributed by atoms with Crippen LogP contribution in [0.2, 0.25) is 0 Å². The molecule has 2 rings (SSSR count). The van der Waals surface area contributed by atoms with Gasteiger partial charge in [0.05, 0.1) is 0 Å². The topological polar surface area (TPSA) is 68.0 Å². The molecule has 1 saturated carbocycles. The van der Waals surface area contributed by atoms with E-state index in [1.807, 2.05) is 18.2 Å². The summed E-state index contributed by atoms with van der Waals surface area (Å²) in [6, 6.07) is 5.76. The van der Waals surface area contributed by atoms with Crippen molar-refractivity contribution in [1.29, 1.82) is 0 Å². The Morgan fingerprint density at radius 3 is 2.67 bits per heavy atom. The lowest BCUT2D eigenvalue weighted by Crippen LogP contribution is -2.33. The molecule has 1 fully saturated rings. The SMILES string of the molecule is CC(N)C1CCC(C(=O)Nc2ccccn2)CC1. The van der Waals surface area contributed by atoms with Gasteiger partial charge in [0.2, 0.25) is 5.91 Å². The van der Waals surface area contributed by atoms with Gasteiger partial charge in [-0.25, -0.2) is 4.98 Å². The second-order valence-electron chi connectivity index (χ2n) is 5.18. The third-order valence-electron chi connectivity index (χ3n) is 3.80. The summed E-state index contributed by atoms with van der Waals surface area (Å²) in [6.45, 7) is 2.05. The Bertz CT molecular complexity index is 383. The van der Waals surface area contributed by atoms with Gasteiger partial charge in [0, 0.05) is 18.2 Å². The molecule has 0 bridgehead atoms. The minimum Gasteiger partial charge on any atom is -0.328 e. The number of nitrogens with zero attached hydrogens (tertiary/aromatic N) is 1. The molecule has 1 unspecified atom stereocenters. The van der Waals surface area contributed by atoms with Gasteiger partial charge in [-0.2, -0.15) is 0 Å². The number of amides is 1. The normalized spacial score (nSPS) is 25.4. The monoisotopic (exact) mass is 247 g/mol. The Labute approximate surface area is 108 Å². The number of pyridine rings is 1. The highest BCUT2D eigenvalue weighted by Gasteiger charge is 2.27. The van der Waals surface area contributed by atoms with E-state index in [-0.39, 0.29) is 17.9 Å². The summed E-state index contributed by atoms with van der Waals surface area (Å²) in [5.41, 5.74) is 5.90. The Morgan fingerprint density at radius 1 is 1.39 bits per heavy atom. The number of nitrogens with two attached hydrogens (primary N) is 1. The number of rotatable bonds is 3. The van der Waals surface area contributed by atoms with Gasteiger partial charge in [0.25, 0.3) is 0 Å². The molecule has 0 aliphatic heterocycles. The van der Waals surface area contributed by atoms with Crippen LogP contribution in [-0.2, 0) is 4.79 Å². The molecular weight excluding hydrogens is 226 g/mol. The van der Waals surface area contributed by atoms with Crippen molar-refractivity contribution in [3.05, 3.63) is 24.4 Å². The molecule has 18 heavy (non-hydrogen) atoms. The molecule has 0 saturated heterocycles. The lowest BCUT2D eigenvalue weighted by atomic mass is 9.79. The average molecular weight is 247 g/mol. The van der Waals surface area contributed by atoms with E-state index in [0.29, 0.717) is 11.7 Å². The van der Waals surface area contributed by atoms with Crippen LogP contribution in [0.25, 0.3) is 0 Å². The molecule has 1 aromatic rings. The molecule has 1 atom stereocenters. The van der Waals surface area contributed by atoms with Gasteiger partial charge in [-0.05, 0) is 50.7 Å². The first kappa shape index (κ1) is 13.0. The zero-order chi connectivity index (χ0) is 13.0. The summed E-state index contributed by atoms with van der Waals surface area (Å²) in [7, 11) is 0. The first-order valence-electron chi connectivity index (χ1n) is 6.64. The fraction of sp³-hybridized carbons (Fsp3) is 0.571. The molecule has 1 aliphatic rings. The van der Waals surface area contributed by atoms with Crippen LogP contribution in [0.3, 0.4) is 0 Å². The Balaban J connectivity index is 1.85. The van der Waals surface area contributed by atoms with Crippen LogP contribution < -0.4 is 11.1 Å². The van der Waals surface area contributed by atoms with Crippen molar-refractivity contribution < 1.29 is 4.79 Å². The van der Waals surface area contributed by atoms with Crippen molar-refractivity contribution in [1.82, 2.24) is 4.98 Å². The van der Waals surface area contributed by atoms with E-state index in [4.69, 9.17) is 5.73 Å². The number of carbonyl (C=O) groups is 1. The highest BCUT2D eigenvalue weighted by atomic mass is 16.1. The van der Waals surface area contributed by atoms with Gasteiger partial charge in [-0.1, -0.05) is 6.07 Å². The first-order valence-corrected chi connectivity index (χ1v) is 6.64. The molecule has 1 aromatic heterocycles. The summed E-state index contributed by atoms with van der Waals surface area (Å²) in [5, 5.41) is 2.87. The van der Waals surface area contributed by atoms with Crippen molar-refractivity contribution in [2.45, 2.75) is 38.6 Å². The van der Waals surface area contributed by atoms with E-state index in [2.05, 4.69) is 17.2 Å². The van der Waals surface area contributed by atoms with Crippen LogP contribution in [0.15, 0.2) is 24.4 Å². The average Bonchev–Trinajstić information content (AvgIpc) is 2.40. The predicted octanol–water partition coefficient (Wildman–Crippen LogP) is 2.17. The van der Waals surface area contributed by atoms with E-state index in [1.165, 1.54) is 0 Å². The molecular formula is C14H21N3O. The van der Waals surface area contributed by atoms with Gasteiger partial charge in [-0.15, -0.1) is 0 Å². The third kappa shape index (κ3) is 3.29. The molecule has 4 heteroatoms. The fourth-order valence-electron chi connectivity index (χ4n) is 2.57. The van der Waals surface area contributed by atoms with Crippen LogP contribution in [0.1, 0.15) is 32.6 Å². The highest BCUT2D eigenvalue weighted by Crippen LogP contribution is 2.30. The number of nitrogens with one attached hydrogen (secondary N) is 1. The maximum Gasteiger partial charge on any atom is 0.228 e. The third-order valence-corrected chi connectivity index (χ3v) is 3.80. The van der Waals surface area contributed by atoms with Gasteiger partial charge < -0.3 is 11.1 Å². The van der Waals surface area contributed by atoms with Crippen molar-refractivity contribution in [3.8, 4) is 0 Å². The minimum absolute atomic E-state index is 0.0943. The zero-order valence-corrected chi connectivity index (χ0v) is 10.8. The van der Waals surface area contributed by atoms with Crippen LogP contribution in [-0.4, -0.2) is 16.9 Å². The maximum atomic E-state index is 12.1. The van der Waals surface area contributed by atoms with Gasteiger partial charge in [0.15, 0.2) is 0 Å². The summed E-state index contributed by atoms with van der Waals surface area (Å²) < 4.78 is 0. The Kier molecular flexibility index (Phi) is 4.31. The van der Waals surface area contributed by atoms with Crippen molar-refractivity contribution >= 4 is 11.7 Å². The lowest BCUT2D eigenvalue weighted by Gasteiger charge is -2.29. The van der Waals surface area contributed by atoms with Crippen molar-refractivity contribution in [2.75, 3.05) is 5.32 Å². The molecule has 1 heterocycles. The zero-order valence-electron chi connectivity index (χ0n) is 10.8. The van der Waals surface area contributed by atoms with Crippen LogP contribution in [0.5, 0.6) is 0 Å². The van der Waals surface area contributed by atoms with E-state index in [1.54, 1.807) is 6.20 Å². The van der Waals surface area contributed by atoms with E-state index < -0.39 is 0 Å². The van der Waals surface area contributed by atoms with Crippen LogP contribution >= 0.6 is 0 Å². The largest absolute Gasteiger partial charge is 0.328 e.